The molecule has 2 atom stereocenters. The summed E-state index contributed by atoms with van der Waals surface area (Å²) in [6, 6.07) is 17.1. The van der Waals surface area contributed by atoms with Crippen molar-refractivity contribution < 1.29 is 14.3 Å². The molecule has 1 fully saturated rings. The van der Waals surface area contributed by atoms with Crippen molar-refractivity contribution in [2.45, 2.75) is 19.2 Å². The van der Waals surface area contributed by atoms with E-state index in [0.29, 0.717) is 24.5 Å². The van der Waals surface area contributed by atoms with E-state index in [2.05, 4.69) is 25.8 Å². The summed E-state index contributed by atoms with van der Waals surface area (Å²) < 4.78 is 13.6. The van der Waals surface area contributed by atoms with Crippen molar-refractivity contribution in [1.29, 1.82) is 0 Å². The first-order valence-corrected chi connectivity index (χ1v) is 13.2. The van der Waals surface area contributed by atoms with Crippen LogP contribution in [-0.4, -0.2) is 83.9 Å². The molecule has 1 saturated heterocycles. The monoisotopic (exact) mass is 529 g/mol. The quantitative estimate of drug-likeness (QED) is 0.273. The fraction of sp³-hybridized carbons (Fsp3) is 0.345. The number of fused-ring (bicyclic) bond motifs is 1. The average molecular weight is 530 g/mol. The van der Waals surface area contributed by atoms with Gasteiger partial charge in [-0.3, -0.25) is 14.1 Å². The molecule has 10 nitrogen and oxygen atoms in total. The Morgan fingerprint density at radius 3 is 2.59 bits per heavy atom. The van der Waals surface area contributed by atoms with E-state index in [4.69, 9.17) is 14.5 Å². The lowest BCUT2D eigenvalue weighted by atomic mass is 10.1. The second-order valence-corrected chi connectivity index (χ2v) is 9.51. The Morgan fingerprint density at radius 1 is 1.08 bits per heavy atom. The molecule has 0 bridgehead atoms. The standard InChI is InChI=1S/C29H35N7O3/c1-21(18-33-29(37)23-6-4-3-5-7-23)39-20-26(35-15-12-30-13-16-35)34-27-28-32-19-25(36(28)17-14-31-27)22-8-10-24(38-2)11-9-22/h3-11,14,17,19,21,26,30H,12-13,15-16,18,20H2,1-2H3,(H,31,34)(H,33,37). The van der Waals surface area contributed by atoms with Gasteiger partial charge in [-0.25, -0.2) is 9.97 Å². The van der Waals surface area contributed by atoms with Crippen LogP contribution in [0, 0.1) is 0 Å². The van der Waals surface area contributed by atoms with Crippen molar-refractivity contribution in [1.82, 2.24) is 29.9 Å². The Kier molecular flexibility index (Phi) is 8.67. The van der Waals surface area contributed by atoms with Gasteiger partial charge in [0.15, 0.2) is 11.5 Å². The number of hydrogen-bond donors (Lipinski definition) is 3. The van der Waals surface area contributed by atoms with E-state index in [-0.39, 0.29) is 18.2 Å². The van der Waals surface area contributed by atoms with Crippen molar-refractivity contribution in [3.63, 3.8) is 0 Å². The number of amides is 1. The van der Waals surface area contributed by atoms with Crippen LogP contribution in [0.5, 0.6) is 5.75 Å². The van der Waals surface area contributed by atoms with Crippen molar-refractivity contribution in [3.05, 3.63) is 78.8 Å². The lowest BCUT2D eigenvalue weighted by Crippen LogP contribution is -2.53. The normalized spacial score (nSPS) is 15.5. The Morgan fingerprint density at radius 2 is 1.85 bits per heavy atom. The first-order valence-electron chi connectivity index (χ1n) is 13.2. The van der Waals surface area contributed by atoms with E-state index in [0.717, 1.165) is 48.8 Å². The summed E-state index contributed by atoms with van der Waals surface area (Å²) in [7, 11) is 1.66. The third kappa shape index (κ3) is 6.54. The maximum Gasteiger partial charge on any atom is 0.251 e. The van der Waals surface area contributed by atoms with Crippen molar-refractivity contribution >= 4 is 17.4 Å². The highest BCUT2D eigenvalue weighted by molar-refractivity contribution is 5.94. The molecule has 4 aromatic rings. The van der Waals surface area contributed by atoms with E-state index in [1.165, 1.54) is 0 Å². The number of rotatable bonds is 11. The van der Waals surface area contributed by atoms with Gasteiger partial charge < -0.3 is 25.4 Å². The SMILES string of the molecule is COc1ccc(-c2cnc3c(NC(COC(C)CNC(=O)c4ccccc4)N4CCNCC4)nccn23)cc1. The van der Waals surface area contributed by atoms with Gasteiger partial charge in [-0.2, -0.15) is 0 Å². The lowest BCUT2D eigenvalue weighted by Gasteiger charge is -2.36. The van der Waals surface area contributed by atoms with Crippen LogP contribution in [-0.2, 0) is 4.74 Å². The number of methoxy groups -OCH3 is 1. The summed E-state index contributed by atoms with van der Waals surface area (Å²) >= 11 is 0. The van der Waals surface area contributed by atoms with Crippen LogP contribution < -0.4 is 20.7 Å². The number of imidazole rings is 1. The average Bonchev–Trinajstić information content (AvgIpc) is 3.44. The number of anilines is 1. The predicted molar refractivity (Wildman–Crippen MR) is 151 cm³/mol. The Balaban J connectivity index is 1.28. The number of nitrogens with one attached hydrogen (secondary N) is 3. The molecular weight excluding hydrogens is 494 g/mol. The minimum Gasteiger partial charge on any atom is -0.497 e. The summed E-state index contributed by atoms with van der Waals surface area (Å²) in [5, 5.41) is 9.96. The van der Waals surface area contributed by atoms with Gasteiger partial charge in [0.2, 0.25) is 0 Å². The molecule has 0 spiro atoms. The van der Waals surface area contributed by atoms with Crippen molar-refractivity contribution in [3.8, 4) is 17.0 Å². The number of piperazine rings is 1. The van der Waals surface area contributed by atoms with Crippen LogP contribution in [0.4, 0.5) is 5.82 Å². The van der Waals surface area contributed by atoms with Gasteiger partial charge in [-0.15, -0.1) is 0 Å². The summed E-state index contributed by atoms with van der Waals surface area (Å²) in [4.78, 5) is 24.1. The molecule has 2 aromatic carbocycles. The molecule has 2 unspecified atom stereocenters. The molecule has 0 radical (unpaired) electrons. The number of hydrogen-bond acceptors (Lipinski definition) is 8. The maximum atomic E-state index is 12.4. The minimum absolute atomic E-state index is 0.106. The second-order valence-electron chi connectivity index (χ2n) is 9.51. The van der Waals surface area contributed by atoms with E-state index in [1.807, 2.05) is 66.2 Å². The third-order valence-corrected chi connectivity index (χ3v) is 6.83. The van der Waals surface area contributed by atoms with E-state index in [9.17, 15) is 4.79 Å². The molecule has 0 saturated carbocycles. The zero-order chi connectivity index (χ0) is 27.0. The number of nitrogens with zero attached hydrogens (tertiary/aromatic N) is 4. The van der Waals surface area contributed by atoms with Gasteiger partial charge in [-0.1, -0.05) is 18.2 Å². The molecule has 3 heterocycles. The molecule has 2 aromatic heterocycles. The van der Waals surface area contributed by atoms with Crippen LogP contribution >= 0.6 is 0 Å². The molecule has 1 aliphatic rings. The van der Waals surface area contributed by atoms with Gasteiger partial charge in [-0.05, 0) is 43.3 Å². The van der Waals surface area contributed by atoms with E-state index < -0.39 is 0 Å². The summed E-state index contributed by atoms with van der Waals surface area (Å²) in [5.41, 5.74) is 3.38. The largest absolute Gasteiger partial charge is 0.497 e. The van der Waals surface area contributed by atoms with Gasteiger partial charge in [0, 0.05) is 56.2 Å². The van der Waals surface area contributed by atoms with Crippen LogP contribution in [0.15, 0.2) is 73.2 Å². The number of carbonyl (C=O) groups excluding carboxylic acids is 1. The van der Waals surface area contributed by atoms with E-state index in [1.54, 1.807) is 25.4 Å². The number of carbonyl (C=O) groups is 1. The summed E-state index contributed by atoms with van der Waals surface area (Å²) in [5.74, 6) is 1.39. The van der Waals surface area contributed by atoms with Gasteiger partial charge >= 0.3 is 0 Å². The molecular formula is C29H35N7O3. The summed E-state index contributed by atoms with van der Waals surface area (Å²) in [6.07, 6.45) is 5.28. The smallest absolute Gasteiger partial charge is 0.251 e. The highest BCUT2D eigenvalue weighted by Gasteiger charge is 2.23. The molecule has 5 rings (SSSR count). The minimum atomic E-state index is -0.165. The third-order valence-electron chi connectivity index (χ3n) is 6.83. The number of aromatic nitrogens is 3. The molecule has 0 aliphatic carbocycles. The second kappa shape index (κ2) is 12.7. The van der Waals surface area contributed by atoms with Crippen molar-refractivity contribution in [2.75, 3.05) is 51.8 Å². The topological polar surface area (TPSA) is 105 Å². The van der Waals surface area contributed by atoms with Crippen LogP contribution in [0.3, 0.4) is 0 Å². The first kappa shape index (κ1) is 26.6. The molecule has 1 aliphatic heterocycles. The Labute approximate surface area is 228 Å². The Hall–Kier alpha value is -3.99. The zero-order valence-electron chi connectivity index (χ0n) is 22.3. The number of benzene rings is 2. The lowest BCUT2D eigenvalue weighted by molar-refractivity contribution is 0.0214. The zero-order valence-corrected chi connectivity index (χ0v) is 22.3. The molecule has 10 heteroatoms. The Bertz CT molecular complexity index is 1350. The van der Waals surface area contributed by atoms with Gasteiger partial charge in [0.25, 0.3) is 5.91 Å². The molecule has 204 valence electrons. The summed E-state index contributed by atoms with van der Waals surface area (Å²) in [6.45, 7) is 6.39. The van der Waals surface area contributed by atoms with Crippen LogP contribution in [0.25, 0.3) is 16.9 Å². The molecule has 39 heavy (non-hydrogen) atoms. The fourth-order valence-electron chi connectivity index (χ4n) is 4.63. The van der Waals surface area contributed by atoms with Crippen LogP contribution in [0.1, 0.15) is 17.3 Å². The van der Waals surface area contributed by atoms with E-state index >= 15 is 0 Å². The maximum absolute atomic E-state index is 12.4. The molecule has 1 amide bonds. The molecule has 3 N–H and O–H groups in total. The highest BCUT2D eigenvalue weighted by atomic mass is 16.5. The van der Waals surface area contributed by atoms with Crippen LogP contribution in [0.2, 0.25) is 0 Å². The van der Waals surface area contributed by atoms with Gasteiger partial charge in [0.1, 0.15) is 11.9 Å². The highest BCUT2D eigenvalue weighted by Crippen LogP contribution is 2.25. The number of ether oxygens (including phenoxy) is 2. The van der Waals surface area contributed by atoms with Gasteiger partial charge in [0.05, 0.1) is 31.7 Å². The fourth-order valence-corrected chi connectivity index (χ4v) is 4.63. The van der Waals surface area contributed by atoms with Crippen molar-refractivity contribution in [2.24, 2.45) is 0 Å². The first-order chi connectivity index (χ1) is 19.1. The predicted octanol–water partition coefficient (Wildman–Crippen LogP) is 2.88.